The van der Waals surface area contributed by atoms with Gasteiger partial charge in [-0.25, -0.2) is 0 Å². The second-order valence-electron chi connectivity index (χ2n) is 3.48. The van der Waals surface area contributed by atoms with Gasteiger partial charge in [0.15, 0.2) is 0 Å². The highest BCUT2D eigenvalue weighted by Crippen LogP contribution is 2.26. The normalized spacial score (nSPS) is 11.0. The van der Waals surface area contributed by atoms with Gasteiger partial charge in [0.25, 0.3) is 0 Å². The lowest BCUT2D eigenvalue weighted by molar-refractivity contribution is 0.971. The summed E-state index contributed by atoms with van der Waals surface area (Å²) in [5, 5.41) is 1.37. The highest BCUT2D eigenvalue weighted by atomic mass is 32.1. The fourth-order valence-corrected chi connectivity index (χ4v) is 2.69. The molecule has 2 aromatic rings. The van der Waals surface area contributed by atoms with Crippen LogP contribution in [0.5, 0.6) is 0 Å². The molecule has 0 aliphatic rings. The molecule has 1 heterocycles. The third kappa shape index (κ3) is 1.81. The molecule has 0 atom stereocenters. The van der Waals surface area contributed by atoms with E-state index in [4.69, 9.17) is 5.73 Å². The zero-order valence-electron chi connectivity index (χ0n) is 8.42. The molecule has 0 unspecified atom stereocenters. The van der Waals surface area contributed by atoms with Crippen LogP contribution in [0.4, 0.5) is 0 Å². The Morgan fingerprint density at radius 1 is 1.29 bits per heavy atom. The predicted molar refractivity (Wildman–Crippen MR) is 64.0 cm³/mol. The molecule has 1 aromatic heterocycles. The minimum Gasteiger partial charge on any atom is -0.330 e. The third-order valence-electron chi connectivity index (χ3n) is 2.42. The summed E-state index contributed by atoms with van der Waals surface area (Å²) in [6.45, 7) is 2.93. The first-order valence-corrected chi connectivity index (χ1v) is 5.86. The first-order chi connectivity index (χ1) is 6.83. The minimum atomic E-state index is 0.734. The lowest BCUT2D eigenvalue weighted by Gasteiger charge is -1.97. The van der Waals surface area contributed by atoms with Crippen LogP contribution in [0.25, 0.3) is 10.1 Å². The zero-order chi connectivity index (χ0) is 9.97. The van der Waals surface area contributed by atoms with Crippen molar-refractivity contribution < 1.29 is 0 Å². The molecule has 74 valence electrons. The van der Waals surface area contributed by atoms with Crippen molar-refractivity contribution in [2.75, 3.05) is 6.54 Å². The summed E-state index contributed by atoms with van der Waals surface area (Å²) < 4.78 is 1.40. The second kappa shape index (κ2) is 4.11. The topological polar surface area (TPSA) is 26.0 Å². The van der Waals surface area contributed by atoms with Gasteiger partial charge >= 0.3 is 0 Å². The van der Waals surface area contributed by atoms with Gasteiger partial charge < -0.3 is 5.73 Å². The van der Waals surface area contributed by atoms with Gasteiger partial charge in [-0.15, -0.1) is 11.3 Å². The average Bonchev–Trinajstić information content (AvgIpc) is 2.60. The van der Waals surface area contributed by atoms with E-state index in [1.807, 2.05) is 11.3 Å². The number of hydrogen-bond donors (Lipinski definition) is 1. The van der Waals surface area contributed by atoms with Crippen molar-refractivity contribution in [2.45, 2.75) is 19.8 Å². The van der Waals surface area contributed by atoms with E-state index in [1.54, 1.807) is 0 Å². The summed E-state index contributed by atoms with van der Waals surface area (Å²) in [4.78, 5) is 1.46. The molecule has 0 amide bonds. The van der Waals surface area contributed by atoms with E-state index in [2.05, 4.69) is 31.2 Å². The van der Waals surface area contributed by atoms with E-state index in [-0.39, 0.29) is 0 Å². The molecule has 0 bridgehead atoms. The number of hydrogen-bond acceptors (Lipinski definition) is 2. The van der Waals surface area contributed by atoms with E-state index in [0.29, 0.717) is 0 Å². The maximum atomic E-state index is 5.54. The first kappa shape index (κ1) is 9.69. The molecule has 0 fully saturated rings. The smallest absolute Gasteiger partial charge is 0.0348 e. The molecule has 2 heteroatoms. The Morgan fingerprint density at radius 2 is 2.14 bits per heavy atom. The molecule has 1 nitrogen and oxygen atoms in total. The second-order valence-corrected chi connectivity index (χ2v) is 4.65. The Balaban J connectivity index is 2.43. The van der Waals surface area contributed by atoms with Crippen molar-refractivity contribution >= 4 is 21.4 Å². The molecule has 1 aromatic carbocycles. The molecule has 2 N–H and O–H groups in total. The fraction of sp³-hybridized carbons (Fsp3) is 0.333. The van der Waals surface area contributed by atoms with Gasteiger partial charge in [0.05, 0.1) is 0 Å². The van der Waals surface area contributed by atoms with Crippen molar-refractivity contribution in [1.82, 2.24) is 0 Å². The Bertz CT molecular complexity index is 431. The molecule has 0 aliphatic carbocycles. The first-order valence-electron chi connectivity index (χ1n) is 5.05. The SMILES string of the molecule is CCc1cc2ccc(CCN)cc2s1. The monoisotopic (exact) mass is 205 g/mol. The summed E-state index contributed by atoms with van der Waals surface area (Å²) in [6, 6.07) is 8.94. The zero-order valence-corrected chi connectivity index (χ0v) is 9.23. The Kier molecular flexibility index (Phi) is 2.85. The van der Waals surface area contributed by atoms with Gasteiger partial charge in [0.2, 0.25) is 0 Å². The highest BCUT2D eigenvalue weighted by Gasteiger charge is 2.00. The maximum absolute atomic E-state index is 5.54. The predicted octanol–water partition coefficient (Wildman–Crippen LogP) is 2.96. The van der Waals surface area contributed by atoms with Crippen LogP contribution in [0, 0.1) is 0 Å². The number of nitrogens with two attached hydrogens (primary N) is 1. The fourth-order valence-electron chi connectivity index (χ4n) is 1.63. The molecular weight excluding hydrogens is 190 g/mol. The number of aryl methyl sites for hydroxylation is 1. The Morgan fingerprint density at radius 3 is 2.86 bits per heavy atom. The summed E-state index contributed by atoms with van der Waals surface area (Å²) in [7, 11) is 0. The number of benzene rings is 1. The number of thiophene rings is 1. The standard InChI is InChI=1S/C12H15NS/c1-2-11-8-10-4-3-9(5-6-13)7-12(10)14-11/h3-4,7-8H,2,5-6,13H2,1H3. The van der Waals surface area contributed by atoms with E-state index < -0.39 is 0 Å². The lowest BCUT2D eigenvalue weighted by atomic mass is 10.1. The maximum Gasteiger partial charge on any atom is 0.0348 e. The molecule has 0 saturated heterocycles. The molecule has 14 heavy (non-hydrogen) atoms. The van der Waals surface area contributed by atoms with Gasteiger partial charge in [0, 0.05) is 9.58 Å². The summed E-state index contributed by atoms with van der Waals surface area (Å²) in [5.41, 5.74) is 6.89. The van der Waals surface area contributed by atoms with Crippen LogP contribution in [-0.2, 0) is 12.8 Å². The molecular formula is C12H15NS. The quantitative estimate of drug-likeness (QED) is 0.819. The van der Waals surface area contributed by atoms with E-state index in [0.717, 1.165) is 19.4 Å². The van der Waals surface area contributed by atoms with E-state index >= 15 is 0 Å². The van der Waals surface area contributed by atoms with Gasteiger partial charge in [-0.1, -0.05) is 19.1 Å². The van der Waals surface area contributed by atoms with Crippen LogP contribution in [-0.4, -0.2) is 6.54 Å². The van der Waals surface area contributed by atoms with Crippen LogP contribution in [0.15, 0.2) is 24.3 Å². The van der Waals surface area contributed by atoms with Crippen LogP contribution in [0.2, 0.25) is 0 Å². The highest BCUT2D eigenvalue weighted by molar-refractivity contribution is 7.19. The summed E-state index contributed by atoms with van der Waals surface area (Å²) in [6.07, 6.45) is 2.11. The van der Waals surface area contributed by atoms with Gasteiger partial charge in [-0.05, 0) is 42.5 Å². The summed E-state index contributed by atoms with van der Waals surface area (Å²) in [5.74, 6) is 0. The minimum absolute atomic E-state index is 0.734. The Labute approximate surface area is 88.6 Å². The molecule has 0 radical (unpaired) electrons. The number of fused-ring (bicyclic) bond motifs is 1. The van der Waals surface area contributed by atoms with Crippen molar-refractivity contribution in [2.24, 2.45) is 5.73 Å². The third-order valence-corrected chi connectivity index (χ3v) is 3.66. The van der Waals surface area contributed by atoms with Crippen molar-refractivity contribution in [1.29, 1.82) is 0 Å². The molecule has 2 rings (SSSR count). The molecule has 0 saturated carbocycles. The van der Waals surface area contributed by atoms with Crippen molar-refractivity contribution in [3.8, 4) is 0 Å². The van der Waals surface area contributed by atoms with Crippen LogP contribution >= 0.6 is 11.3 Å². The molecule has 0 aliphatic heterocycles. The van der Waals surface area contributed by atoms with Crippen LogP contribution in [0.1, 0.15) is 17.4 Å². The van der Waals surface area contributed by atoms with Gasteiger partial charge in [-0.2, -0.15) is 0 Å². The Hall–Kier alpha value is -0.860. The van der Waals surface area contributed by atoms with E-state index in [1.165, 1.54) is 20.5 Å². The van der Waals surface area contributed by atoms with E-state index in [9.17, 15) is 0 Å². The van der Waals surface area contributed by atoms with Gasteiger partial charge in [-0.3, -0.25) is 0 Å². The van der Waals surface area contributed by atoms with Crippen LogP contribution < -0.4 is 5.73 Å². The summed E-state index contributed by atoms with van der Waals surface area (Å²) >= 11 is 1.90. The van der Waals surface area contributed by atoms with Crippen molar-refractivity contribution in [3.63, 3.8) is 0 Å². The van der Waals surface area contributed by atoms with Crippen LogP contribution in [0.3, 0.4) is 0 Å². The average molecular weight is 205 g/mol. The number of rotatable bonds is 3. The lowest BCUT2D eigenvalue weighted by Crippen LogP contribution is -2.01. The molecule has 0 spiro atoms. The van der Waals surface area contributed by atoms with Gasteiger partial charge in [0.1, 0.15) is 0 Å². The van der Waals surface area contributed by atoms with Crippen molar-refractivity contribution in [3.05, 3.63) is 34.7 Å². The largest absolute Gasteiger partial charge is 0.330 e.